The largest absolute Gasteiger partial charge is 0.457 e. The number of benzene rings is 2. The van der Waals surface area contributed by atoms with E-state index in [-0.39, 0.29) is 22.1 Å². The third-order valence-corrected chi connectivity index (χ3v) is 4.84. The highest BCUT2D eigenvalue weighted by atomic mass is 32.2. The Morgan fingerprint density at radius 3 is 2.36 bits per heavy atom. The lowest BCUT2D eigenvalue weighted by atomic mass is 10.2. The van der Waals surface area contributed by atoms with Crippen molar-refractivity contribution in [2.45, 2.75) is 25.1 Å². The lowest BCUT2D eigenvalue weighted by molar-refractivity contribution is -0.128. The monoisotopic (exact) mass is 359 g/mol. The first-order valence-corrected chi connectivity index (χ1v) is 8.85. The van der Waals surface area contributed by atoms with E-state index in [0.717, 1.165) is 5.56 Å². The van der Waals surface area contributed by atoms with Gasteiger partial charge in [-0.3, -0.25) is 9.59 Å². The van der Waals surface area contributed by atoms with Gasteiger partial charge in [-0.25, -0.2) is 4.39 Å². The Balaban J connectivity index is 1.58. The predicted molar refractivity (Wildman–Crippen MR) is 95.0 cm³/mol. The third kappa shape index (κ3) is 4.82. The van der Waals surface area contributed by atoms with Crippen LogP contribution in [-0.4, -0.2) is 27.7 Å². The molecule has 3 rings (SSSR count). The van der Waals surface area contributed by atoms with Crippen LogP contribution in [0.25, 0.3) is 0 Å². The Hall–Kier alpha value is -2.34. The molecule has 0 radical (unpaired) electrons. The van der Waals surface area contributed by atoms with Crippen LogP contribution in [0.4, 0.5) is 4.39 Å². The molecule has 0 aliphatic carbocycles. The van der Waals surface area contributed by atoms with Gasteiger partial charge < -0.3 is 9.64 Å². The van der Waals surface area contributed by atoms with Gasteiger partial charge in [0.1, 0.15) is 17.3 Å². The number of rotatable bonds is 5. The van der Waals surface area contributed by atoms with Crippen molar-refractivity contribution in [3.8, 4) is 11.5 Å². The number of carbonyl (C=O) groups is 2. The highest BCUT2D eigenvalue weighted by molar-refractivity contribution is 8.14. The summed E-state index contributed by atoms with van der Waals surface area (Å²) in [4.78, 5) is 25.0. The Bertz CT molecular complexity index is 761. The molecule has 2 aromatic carbocycles. The topological polar surface area (TPSA) is 46.6 Å². The molecule has 0 N–H and O–H groups in total. The van der Waals surface area contributed by atoms with Crippen molar-refractivity contribution in [1.82, 2.24) is 4.90 Å². The molecule has 1 saturated heterocycles. The highest BCUT2D eigenvalue weighted by Crippen LogP contribution is 2.26. The number of thioether (sulfide) groups is 1. The molecule has 130 valence electrons. The lowest BCUT2D eigenvalue weighted by Crippen LogP contribution is -2.24. The molecule has 25 heavy (non-hydrogen) atoms. The van der Waals surface area contributed by atoms with Gasteiger partial charge in [0.25, 0.3) is 0 Å². The number of halogens is 1. The molecule has 2 aromatic rings. The minimum atomic E-state index is -0.306. The SMILES string of the molecule is CC(=O)S[C@@H]1CC(=O)N(Cc2ccc(Oc3ccc(F)cc3)cc2)C1. The number of ether oxygens (including phenoxy) is 1. The molecule has 0 aromatic heterocycles. The average Bonchev–Trinajstić information content (AvgIpc) is 2.90. The van der Waals surface area contributed by atoms with Gasteiger partial charge in [0.05, 0.1) is 0 Å². The van der Waals surface area contributed by atoms with E-state index in [9.17, 15) is 14.0 Å². The molecule has 0 saturated carbocycles. The van der Waals surface area contributed by atoms with Gasteiger partial charge in [0.15, 0.2) is 5.12 Å². The van der Waals surface area contributed by atoms with Crippen LogP contribution >= 0.6 is 11.8 Å². The van der Waals surface area contributed by atoms with Gasteiger partial charge >= 0.3 is 0 Å². The van der Waals surface area contributed by atoms with Crippen LogP contribution in [0.15, 0.2) is 48.5 Å². The van der Waals surface area contributed by atoms with Gasteiger partial charge in [-0.1, -0.05) is 23.9 Å². The van der Waals surface area contributed by atoms with E-state index in [0.29, 0.717) is 31.0 Å². The number of hydrogen-bond acceptors (Lipinski definition) is 4. The molecule has 1 fully saturated rings. The van der Waals surface area contributed by atoms with Crippen LogP contribution in [0.2, 0.25) is 0 Å². The van der Waals surface area contributed by atoms with Crippen LogP contribution in [0.1, 0.15) is 18.9 Å². The molecule has 1 heterocycles. The summed E-state index contributed by atoms with van der Waals surface area (Å²) < 4.78 is 18.5. The number of hydrogen-bond donors (Lipinski definition) is 0. The number of amides is 1. The Labute approximate surface area is 150 Å². The maximum Gasteiger partial charge on any atom is 0.224 e. The first-order valence-electron chi connectivity index (χ1n) is 7.97. The van der Waals surface area contributed by atoms with Crippen molar-refractivity contribution < 1.29 is 18.7 Å². The molecule has 0 spiro atoms. The number of likely N-dealkylation sites (tertiary alicyclic amines) is 1. The van der Waals surface area contributed by atoms with Crippen molar-refractivity contribution in [2.24, 2.45) is 0 Å². The van der Waals surface area contributed by atoms with E-state index >= 15 is 0 Å². The van der Waals surface area contributed by atoms with Crippen molar-refractivity contribution in [3.05, 3.63) is 59.9 Å². The molecule has 1 atom stereocenters. The summed E-state index contributed by atoms with van der Waals surface area (Å²) in [5, 5.41) is 0.0908. The van der Waals surface area contributed by atoms with E-state index in [1.54, 1.807) is 17.0 Å². The molecule has 0 unspecified atom stereocenters. The summed E-state index contributed by atoms with van der Waals surface area (Å²) in [6, 6.07) is 13.3. The number of carbonyl (C=O) groups excluding carboxylic acids is 2. The van der Waals surface area contributed by atoms with Crippen LogP contribution in [0.3, 0.4) is 0 Å². The van der Waals surface area contributed by atoms with E-state index in [2.05, 4.69) is 0 Å². The van der Waals surface area contributed by atoms with E-state index < -0.39 is 0 Å². The molecular weight excluding hydrogens is 341 g/mol. The van der Waals surface area contributed by atoms with Gasteiger partial charge in [-0.15, -0.1) is 0 Å². The minimum absolute atomic E-state index is 0.0435. The second-order valence-electron chi connectivity index (χ2n) is 5.91. The zero-order chi connectivity index (χ0) is 17.8. The standard InChI is InChI=1S/C19H18FNO3S/c1-13(22)25-18-10-19(23)21(12-18)11-14-2-6-16(7-3-14)24-17-8-4-15(20)5-9-17/h2-9,18H,10-12H2,1H3/t18-/m1/s1. The van der Waals surface area contributed by atoms with Gasteiger partial charge in [-0.2, -0.15) is 0 Å². The van der Waals surface area contributed by atoms with E-state index in [4.69, 9.17) is 4.74 Å². The molecule has 6 heteroatoms. The molecular formula is C19H18FNO3S. The summed E-state index contributed by atoms with van der Waals surface area (Å²) in [6.45, 7) is 2.64. The summed E-state index contributed by atoms with van der Waals surface area (Å²) >= 11 is 1.24. The first kappa shape index (κ1) is 17.5. The summed E-state index contributed by atoms with van der Waals surface area (Å²) in [5.41, 5.74) is 0.994. The minimum Gasteiger partial charge on any atom is -0.457 e. The zero-order valence-corrected chi connectivity index (χ0v) is 14.6. The maximum absolute atomic E-state index is 12.9. The maximum atomic E-state index is 12.9. The second kappa shape index (κ2) is 7.70. The summed E-state index contributed by atoms with van der Waals surface area (Å²) in [7, 11) is 0. The Kier molecular flexibility index (Phi) is 5.38. The van der Waals surface area contributed by atoms with Crippen LogP contribution in [-0.2, 0) is 16.1 Å². The molecule has 1 aliphatic heterocycles. The van der Waals surface area contributed by atoms with Gasteiger partial charge in [-0.05, 0) is 42.0 Å². The molecule has 4 nitrogen and oxygen atoms in total. The van der Waals surface area contributed by atoms with Gasteiger partial charge in [0, 0.05) is 31.7 Å². The predicted octanol–water partition coefficient (Wildman–Crippen LogP) is 4.00. The van der Waals surface area contributed by atoms with E-state index in [1.165, 1.54) is 30.8 Å². The molecule has 0 bridgehead atoms. The number of nitrogens with zero attached hydrogens (tertiary/aromatic N) is 1. The average molecular weight is 359 g/mol. The molecule has 1 aliphatic rings. The highest BCUT2D eigenvalue weighted by Gasteiger charge is 2.30. The Morgan fingerprint density at radius 2 is 1.76 bits per heavy atom. The second-order valence-corrected chi connectivity index (χ2v) is 7.39. The normalized spacial score (nSPS) is 17.0. The van der Waals surface area contributed by atoms with Crippen molar-refractivity contribution in [3.63, 3.8) is 0 Å². The fourth-order valence-electron chi connectivity index (χ4n) is 2.72. The van der Waals surface area contributed by atoms with Crippen LogP contribution in [0.5, 0.6) is 11.5 Å². The van der Waals surface area contributed by atoms with E-state index in [1.807, 2.05) is 24.3 Å². The third-order valence-electron chi connectivity index (χ3n) is 3.86. The smallest absolute Gasteiger partial charge is 0.224 e. The van der Waals surface area contributed by atoms with Crippen molar-refractivity contribution in [1.29, 1.82) is 0 Å². The van der Waals surface area contributed by atoms with Gasteiger partial charge in [0.2, 0.25) is 5.91 Å². The van der Waals surface area contributed by atoms with Crippen molar-refractivity contribution >= 4 is 22.8 Å². The summed E-state index contributed by atoms with van der Waals surface area (Å²) in [6.07, 6.45) is 0.413. The Morgan fingerprint density at radius 1 is 1.16 bits per heavy atom. The van der Waals surface area contributed by atoms with Crippen LogP contribution < -0.4 is 4.74 Å². The van der Waals surface area contributed by atoms with Crippen molar-refractivity contribution in [2.75, 3.05) is 6.54 Å². The fraction of sp³-hybridized carbons (Fsp3) is 0.263. The first-order chi connectivity index (χ1) is 12.0. The quantitative estimate of drug-likeness (QED) is 0.810. The van der Waals surface area contributed by atoms with Crippen LogP contribution in [0, 0.1) is 5.82 Å². The summed E-state index contributed by atoms with van der Waals surface area (Å²) in [5.74, 6) is 0.977. The fourth-order valence-corrected chi connectivity index (χ4v) is 3.67. The zero-order valence-electron chi connectivity index (χ0n) is 13.8. The molecule has 1 amide bonds. The lowest BCUT2D eigenvalue weighted by Gasteiger charge is -2.16.